The molecule has 2 N–H and O–H groups in total. The predicted octanol–water partition coefficient (Wildman–Crippen LogP) is 4.26. The first-order chi connectivity index (χ1) is 13.2. The molecule has 0 aliphatic heterocycles. The van der Waals surface area contributed by atoms with Crippen LogP contribution in [-0.4, -0.2) is 30.7 Å². The number of hydrogen-bond donors (Lipinski definition) is 2. The summed E-state index contributed by atoms with van der Waals surface area (Å²) in [6.07, 6.45) is 0.0962. The average molecular weight is 388 g/mol. The van der Waals surface area contributed by atoms with Gasteiger partial charge in [0.2, 0.25) is 0 Å². The molecule has 7 heteroatoms. The second-order valence-corrected chi connectivity index (χ2v) is 7.12. The number of hydrogen-bond acceptors (Lipinski definition) is 4. The molecule has 0 aromatic heterocycles. The molecule has 0 saturated heterocycles. The Morgan fingerprint density at radius 2 is 1.64 bits per heavy atom. The van der Waals surface area contributed by atoms with Crippen molar-refractivity contribution >= 4 is 12.0 Å². The van der Waals surface area contributed by atoms with E-state index in [4.69, 9.17) is 9.47 Å². The lowest BCUT2D eigenvalue weighted by Gasteiger charge is -2.19. The fourth-order valence-electron chi connectivity index (χ4n) is 2.24. The van der Waals surface area contributed by atoms with E-state index in [0.29, 0.717) is 36.6 Å². The molecule has 0 bridgehead atoms. The molecule has 0 atom stereocenters. The minimum absolute atomic E-state index is 0.227. The van der Waals surface area contributed by atoms with E-state index < -0.39 is 11.7 Å². The summed E-state index contributed by atoms with van der Waals surface area (Å²) in [4.78, 5) is 23.6. The first kappa shape index (κ1) is 21.2. The van der Waals surface area contributed by atoms with Crippen molar-refractivity contribution in [2.45, 2.75) is 32.8 Å². The van der Waals surface area contributed by atoms with Crippen LogP contribution in [0.4, 0.5) is 9.18 Å². The van der Waals surface area contributed by atoms with Crippen LogP contribution in [0.1, 0.15) is 37.6 Å². The molecular weight excluding hydrogens is 363 g/mol. The van der Waals surface area contributed by atoms with Gasteiger partial charge in [-0.3, -0.25) is 4.79 Å². The number of amides is 2. The van der Waals surface area contributed by atoms with Gasteiger partial charge in [0, 0.05) is 24.7 Å². The van der Waals surface area contributed by atoms with E-state index in [9.17, 15) is 14.0 Å². The first-order valence-corrected chi connectivity index (χ1v) is 9.01. The first-order valence-electron chi connectivity index (χ1n) is 9.01. The van der Waals surface area contributed by atoms with Crippen molar-refractivity contribution in [1.29, 1.82) is 0 Å². The Bertz CT molecular complexity index is 801. The molecule has 2 aromatic carbocycles. The van der Waals surface area contributed by atoms with Gasteiger partial charge in [-0.2, -0.15) is 0 Å². The standard InChI is InChI=1S/C21H25FN2O4/c1-21(2,3)28-20(26)24-13-5-12-23-19(25)15-8-10-17(11-9-15)27-18-7-4-6-16(22)14-18/h4,6-11,14H,5,12-13H2,1-3H3,(H,23,25)(H,24,26). The molecule has 150 valence electrons. The second-order valence-electron chi connectivity index (χ2n) is 7.12. The van der Waals surface area contributed by atoms with Gasteiger partial charge in [-0.1, -0.05) is 6.07 Å². The van der Waals surface area contributed by atoms with Crippen molar-refractivity contribution in [3.63, 3.8) is 0 Å². The number of nitrogens with one attached hydrogen (secondary N) is 2. The molecule has 2 rings (SSSR count). The van der Waals surface area contributed by atoms with E-state index in [2.05, 4.69) is 10.6 Å². The van der Waals surface area contributed by atoms with Crippen LogP contribution < -0.4 is 15.4 Å². The number of benzene rings is 2. The zero-order chi connectivity index (χ0) is 20.6. The van der Waals surface area contributed by atoms with Crippen molar-refractivity contribution in [1.82, 2.24) is 10.6 Å². The van der Waals surface area contributed by atoms with E-state index in [1.807, 2.05) is 0 Å². The summed E-state index contributed by atoms with van der Waals surface area (Å²) in [5.41, 5.74) is -0.0604. The largest absolute Gasteiger partial charge is 0.457 e. The Kier molecular flexibility index (Phi) is 7.37. The second kappa shape index (κ2) is 9.73. The van der Waals surface area contributed by atoms with Crippen LogP contribution in [0.3, 0.4) is 0 Å². The van der Waals surface area contributed by atoms with Crippen LogP contribution in [0.5, 0.6) is 11.5 Å². The molecule has 0 unspecified atom stereocenters. The van der Waals surface area contributed by atoms with Crippen LogP contribution in [0, 0.1) is 5.82 Å². The third-order valence-electron chi connectivity index (χ3n) is 3.46. The lowest BCUT2D eigenvalue weighted by Crippen LogP contribution is -2.34. The van der Waals surface area contributed by atoms with Gasteiger partial charge in [-0.15, -0.1) is 0 Å². The number of carbonyl (C=O) groups is 2. The maximum absolute atomic E-state index is 13.2. The summed E-state index contributed by atoms with van der Waals surface area (Å²) in [7, 11) is 0. The molecule has 0 radical (unpaired) electrons. The molecule has 0 saturated carbocycles. The van der Waals surface area contributed by atoms with E-state index in [-0.39, 0.29) is 11.7 Å². The molecular formula is C21H25FN2O4. The number of ether oxygens (including phenoxy) is 2. The molecule has 28 heavy (non-hydrogen) atoms. The van der Waals surface area contributed by atoms with Gasteiger partial charge < -0.3 is 20.1 Å². The third kappa shape index (κ3) is 7.65. The fraction of sp³-hybridized carbons (Fsp3) is 0.333. The Hall–Kier alpha value is -3.09. The smallest absolute Gasteiger partial charge is 0.407 e. The van der Waals surface area contributed by atoms with Gasteiger partial charge in [0.1, 0.15) is 22.9 Å². The molecule has 6 nitrogen and oxygen atoms in total. The fourth-order valence-corrected chi connectivity index (χ4v) is 2.24. The highest BCUT2D eigenvalue weighted by Gasteiger charge is 2.15. The van der Waals surface area contributed by atoms with Crippen LogP contribution in [0.15, 0.2) is 48.5 Å². The molecule has 0 aliphatic carbocycles. The number of halogens is 1. The maximum atomic E-state index is 13.2. The zero-order valence-corrected chi connectivity index (χ0v) is 16.3. The normalized spacial score (nSPS) is 10.9. The van der Waals surface area contributed by atoms with Gasteiger partial charge in [0.25, 0.3) is 5.91 Å². The minimum atomic E-state index is -0.539. The van der Waals surface area contributed by atoms with E-state index >= 15 is 0 Å². The summed E-state index contributed by atoms with van der Waals surface area (Å²) in [6.45, 7) is 6.19. The van der Waals surface area contributed by atoms with Crippen molar-refractivity contribution in [2.24, 2.45) is 0 Å². The molecule has 0 fully saturated rings. The highest BCUT2D eigenvalue weighted by atomic mass is 19.1. The van der Waals surface area contributed by atoms with Gasteiger partial charge in [0.05, 0.1) is 0 Å². The average Bonchev–Trinajstić information content (AvgIpc) is 2.60. The highest BCUT2D eigenvalue weighted by Crippen LogP contribution is 2.22. The Morgan fingerprint density at radius 1 is 0.964 bits per heavy atom. The summed E-state index contributed by atoms with van der Waals surface area (Å²) in [5, 5.41) is 5.41. The molecule has 0 spiro atoms. The monoisotopic (exact) mass is 388 g/mol. The molecule has 0 aliphatic rings. The van der Waals surface area contributed by atoms with Crippen molar-refractivity contribution in [3.05, 3.63) is 59.9 Å². The van der Waals surface area contributed by atoms with Crippen LogP contribution >= 0.6 is 0 Å². The molecule has 2 amide bonds. The highest BCUT2D eigenvalue weighted by molar-refractivity contribution is 5.94. The maximum Gasteiger partial charge on any atom is 0.407 e. The van der Waals surface area contributed by atoms with Gasteiger partial charge in [0.15, 0.2) is 0 Å². The summed E-state index contributed by atoms with van der Waals surface area (Å²) in [5.74, 6) is 0.280. The third-order valence-corrected chi connectivity index (χ3v) is 3.46. The van der Waals surface area contributed by atoms with Crippen LogP contribution in [0.25, 0.3) is 0 Å². The summed E-state index contributed by atoms with van der Waals surface area (Å²) < 4.78 is 23.8. The summed E-state index contributed by atoms with van der Waals surface area (Å²) >= 11 is 0. The van der Waals surface area contributed by atoms with E-state index in [0.717, 1.165) is 0 Å². The Balaban J connectivity index is 1.72. The number of carbonyl (C=O) groups excluding carboxylic acids is 2. The van der Waals surface area contributed by atoms with Crippen LogP contribution in [-0.2, 0) is 4.74 Å². The molecule has 2 aromatic rings. The van der Waals surface area contributed by atoms with E-state index in [1.54, 1.807) is 57.2 Å². The lowest BCUT2D eigenvalue weighted by atomic mass is 10.2. The number of rotatable bonds is 7. The van der Waals surface area contributed by atoms with Gasteiger partial charge >= 0.3 is 6.09 Å². The topological polar surface area (TPSA) is 76.7 Å². The Labute approximate surface area is 164 Å². The minimum Gasteiger partial charge on any atom is -0.457 e. The van der Waals surface area contributed by atoms with Crippen molar-refractivity contribution < 1.29 is 23.5 Å². The summed E-state index contributed by atoms with van der Waals surface area (Å²) in [6, 6.07) is 12.4. The van der Waals surface area contributed by atoms with Crippen molar-refractivity contribution in [3.8, 4) is 11.5 Å². The SMILES string of the molecule is CC(C)(C)OC(=O)NCCCNC(=O)c1ccc(Oc2cccc(F)c2)cc1. The quantitative estimate of drug-likeness (QED) is 0.695. The van der Waals surface area contributed by atoms with Crippen LogP contribution in [0.2, 0.25) is 0 Å². The van der Waals surface area contributed by atoms with Gasteiger partial charge in [-0.05, 0) is 63.6 Å². The molecule has 0 heterocycles. The Morgan fingerprint density at radius 3 is 2.29 bits per heavy atom. The predicted molar refractivity (Wildman–Crippen MR) is 104 cm³/mol. The van der Waals surface area contributed by atoms with Crippen molar-refractivity contribution in [2.75, 3.05) is 13.1 Å². The lowest BCUT2D eigenvalue weighted by molar-refractivity contribution is 0.0527. The van der Waals surface area contributed by atoms with E-state index in [1.165, 1.54) is 12.1 Å². The zero-order valence-electron chi connectivity index (χ0n) is 16.3. The number of alkyl carbamates (subject to hydrolysis) is 1. The van der Waals surface area contributed by atoms with Gasteiger partial charge in [-0.25, -0.2) is 9.18 Å².